The van der Waals surface area contributed by atoms with Crippen LogP contribution in [-0.2, 0) is 0 Å². The molecule has 1 N–H and O–H groups in total. The lowest BCUT2D eigenvalue weighted by Crippen LogP contribution is -2.63. The van der Waals surface area contributed by atoms with Gasteiger partial charge >= 0.3 is 0 Å². The maximum absolute atomic E-state index is 15.6. The number of hydrogen-bond acceptors (Lipinski definition) is 3. The molecular formula is C20H24FN2O2+. The van der Waals surface area contributed by atoms with Gasteiger partial charge in [0.1, 0.15) is 24.9 Å². The second-order valence-corrected chi connectivity index (χ2v) is 7.31. The zero-order valence-electron chi connectivity index (χ0n) is 14.4. The molecule has 5 rings (SSSR count). The molecule has 3 saturated heterocycles. The molecule has 4 heterocycles. The number of aliphatic hydroxyl groups is 1. The van der Waals surface area contributed by atoms with Gasteiger partial charge in [0, 0.05) is 30.3 Å². The number of piperidine rings is 3. The van der Waals surface area contributed by atoms with Crippen LogP contribution in [0.15, 0.2) is 43.1 Å². The largest absolute Gasteiger partial charge is 0.497 e. The van der Waals surface area contributed by atoms with Crippen LogP contribution in [0.5, 0.6) is 5.75 Å². The van der Waals surface area contributed by atoms with Gasteiger partial charge in [-0.2, -0.15) is 0 Å². The normalized spacial score (nSPS) is 32.5. The highest BCUT2D eigenvalue weighted by atomic mass is 19.2. The van der Waals surface area contributed by atoms with Crippen molar-refractivity contribution in [1.82, 2.24) is 4.98 Å². The molecule has 0 aliphatic carbocycles. The molecule has 132 valence electrons. The Morgan fingerprint density at radius 2 is 2.28 bits per heavy atom. The number of methoxy groups -OCH3 is 1. The van der Waals surface area contributed by atoms with E-state index in [0.717, 1.165) is 22.9 Å². The first kappa shape index (κ1) is 16.5. The Morgan fingerprint density at radius 3 is 3.00 bits per heavy atom. The lowest BCUT2D eigenvalue weighted by molar-refractivity contribution is -1.09. The van der Waals surface area contributed by atoms with Gasteiger partial charge in [-0.1, -0.05) is 6.08 Å². The Hall–Kier alpha value is -1.98. The molecular weight excluding hydrogens is 319 g/mol. The maximum atomic E-state index is 15.6. The van der Waals surface area contributed by atoms with Gasteiger partial charge < -0.3 is 9.84 Å². The zero-order chi connectivity index (χ0) is 17.6. The Bertz CT molecular complexity index is 811. The maximum Gasteiger partial charge on any atom is 0.155 e. The van der Waals surface area contributed by atoms with E-state index >= 15 is 4.48 Å². The quantitative estimate of drug-likeness (QED) is 0.682. The lowest BCUT2D eigenvalue weighted by atomic mass is 9.73. The van der Waals surface area contributed by atoms with Crippen molar-refractivity contribution >= 4 is 10.9 Å². The van der Waals surface area contributed by atoms with Crippen LogP contribution in [0.2, 0.25) is 0 Å². The molecule has 0 saturated carbocycles. The van der Waals surface area contributed by atoms with E-state index in [-0.39, 0.29) is 5.92 Å². The Morgan fingerprint density at radius 1 is 1.44 bits per heavy atom. The van der Waals surface area contributed by atoms with Crippen molar-refractivity contribution in [3.8, 4) is 5.75 Å². The summed E-state index contributed by atoms with van der Waals surface area (Å²) in [4.78, 5) is 4.36. The van der Waals surface area contributed by atoms with Crippen LogP contribution in [0, 0.1) is 11.8 Å². The van der Waals surface area contributed by atoms with Gasteiger partial charge in [-0.05, 0) is 40.2 Å². The summed E-state index contributed by atoms with van der Waals surface area (Å²) in [5, 5.41) is 11.9. The number of benzene rings is 1. The number of nitrogens with zero attached hydrogens (tertiary/aromatic N) is 2. The minimum absolute atomic E-state index is 0.205. The van der Waals surface area contributed by atoms with E-state index in [0.29, 0.717) is 31.2 Å². The van der Waals surface area contributed by atoms with Gasteiger partial charge in [-0.15, -0.1) is 11.3 Å². The molecule has 1 aromatic heterocycles. The van der Waals surface area contributed by atoms with Crippen molar-refractivity contribution in [3.05, 3.63) is 48.7 Å². The first-order valence-electron chi connectivity index (χ1n) is 8.85. The highest BCUT2D eigenvalue weighted by Crippen LogP contribution is 2.47. The van der Waals surface area contributed by atoms with E-state index in [1.807, 2.05) is 24.3 Å². The predicted octanol–water partition coefficient (Wildman–Crippen LogP) is 3.57. The summed E-state index contributed by atoms with van der Waals surface area (Å²) in [6.45, 7) is 4.76. The molecule has 2 bridgehead atoms. The summed E-state index contributed by atoms with van der Waals surface area (Å²) in [7, 11) is 1.61. The second-order valence-electron chi connectivity index (χ2n) is 7.31. The number of ether oxygens (including phenoxy) is 1. The third-order valence-electron chi connectivity index (χ3n) is 6.10. The highest BCUT2D eigenvalue weighted by molar-refractivity contribution is 5.83. The molecule has 0 spiro atoms. The monoisotopic (exact) mass is 343 g/mol. The minimum atomic E-state index is -0.865. The van der Waals surface area contributed by atoms with Gasteiger partial charge in [-0.3, -0.25) is 4.98 Å². The van der Waals surface area contributed by atoms with E-state index in [4.69, 9.17) is 4.74 Å². The molecule has 3 aliphatic heterocycles. The molecule has 0 amide bonds. The van der Waals surface area contributed by atoms with E-state index in [1.54, 1.807) is 19.4 Å². The predicted molar refractivity (Wildman–Crippen MR) is 94.6 cm³/mol. The van der Waals surface area contributed by atoms with Gasteiger partial charge in [0.2, 0.25) is 0 Å². The molecule has 2 aromatic rings. The number of rotatable bonds is 4. The topological polar surface area (TPSA) is 42.4 Å². The van der Waals surface area contributed by atoms with Gasteiger partial charge in [-0.25, -0.2) is 0 Å². The molecule has 5 unspecified atom stereocenters. The van der Waals surface area contributed by atoms with Crippen LogP contribution in [0.25, 0.3) is 10.9 Å². The molecule has 1 aromatic carbocycles. The Balaban J connectivity index is 1.73. The Kier molecular flexibility index (Phi) is 4.01. The SMILES string of the molecule is C=CC1C[N+]2(F)CCC1CC2C(O)c1ccnc2ccc(OC)cc12. The Labute approximate surface area is 147 Å². The molecule has 3 fully saturated rings. The van der Waals surface area contributed by atoms with Crippen LogP contribution >= 0.6 is 0 Å². The summed E-state index contributed by atoms with van der Waals surface area (Å²) >= 11 is 0. The average molecular weight is 343 g/mol. The number of aromatic nitrogens is 1. The molecule has 5 atom stereocenters. The van der Waals surface area contributed by atoms with Crippen molar-refractivity contribution in [1.29, 1.82) is 0 Å². The van der Waals surface area contributed by atoms with E-state index in [1.165, 1.54) is 0 Å². The average Bonchev–Trinajstić information content (AvgIpc) is 2.66. The summed E-state index contributed by atoms with van der Waals surface area (Å²) in [6.07, 6.45) is 4.24. The van der Waals surface area contributed by atoms with Crippen molar-refractivity contribution < 1.29 is 19.0 Å². The number of aliphatic hydroxyl groups excluding tert-OH is 1. The molecule has 3 aliphatic rings. The minimum Gasteiger partial charge on any atom is -0.497 e. The molecule has 5 heteroatoms. The molecule has 0 radical (unpaired) electrons. The number of hydrogen-bond donors (Lipinski definition) is 1. The zero-order valence-corrected chi connectivity index (χ0v) is 14.4. The molecule has 25 heavy (non-hydrogen) atoms. The number of halogens is 1. The third-order valence-corrected chi connectivity index (χ3v) is 6.10. The van der Waals surface area contributed by atoms with Crippen LogP contribution in [0.1, 0.15) is 24.5 Å². The fourth-order valence-electron chi connectivity index (χ4n) is 4.67. The van der Waals surface area contributed by atoms with Crippen molar-refractivity contribution in [2.75, 3.05) is 20.2 Å². The smallest absolute Gasteiger partial charge is 0.155 e. The summed E-state index contributed by atoms with van der Waals surface area (Å²) in [6, 6.07) is 6.94. The standard InChI is InChI=1S/C20H24FN2O2/c1-3-13-12-23(21)9-7-14(13)10-19(23)20(24)16-6-8-22-18-5-4-15(25-2)11-17(16)18/h3-6,8,11,13-14,19-20,24H,1,7,9-10,12H2,2H3/q+1. The van der Waals surface area contributed by atoms with Crippen LogP contribution in [0.3, 0.4) is 0 Å². The van der Waals surface area contributed by atoms with E-state index in [2.05, 4.69) is 11.6 Å². The van der Waals surface area contributed by atoms with Gasteiger partial charge in [0.25, 0.3) is 0 Å². The van der Waals surface area contributed by atoms with Crippen LogP contribution < -0.4 is 4.74 Å². The summed E-state index contributed by atoms with van der Waals surface area (Å²) < 4.78 is 20.3. The van der Waals surface area contributed by atoms with Gasteiger partial charge in [0.05, 0.1) is 12.6 Å². The second kappa shape index (κ2) is 6.07. The van der Waals surface area contributed by atoms with Crippen molar-refractivity contribution in [3.63, 3.8) is 0 Å². The van der Waals surface area contributed by atoms with E-state index in [9.17, 15) is 5.11 Å². The molecule has 4 nitrogen and oxygen atoms in total. The highest BCUT2D eigenvalue weighted by Gasteiger charge is 2.56. The first-order valence-corrected chi connectivity index (χ1v) is 8.85. The summed E-state index contributed by atoms with van der Waals surface area (Å²) in [5.41, 5.74) is 1.51. The first-order chi connectivity index (χ1) is 12.1. The van der Waals surface area contributed by atoms with Crippen LogP contribution in [0.4, 0.5) is 4.48 Å². The lowest BCUT2D eigenvalue weighted by Gasteiger charge is -2.50. The fourth-order valence-corrected chi connectivity index (χ4v) is 4.67. The van der Waals surface area contributed by atoms with Crippen molar-refractivity contribution in [2.24, 2.45) is 11.8 Å². The fraction of sp³-hybridized carbons (Fsp3) is 0.450. The van der Waals surface area contributed by atoms with Crippen LogP contribution in [-0.4, -0.2) is 41.0 Å². The number of quaternary nitrogens is 1. The summed E-state index contributed by atoms with van der Waals surface area (Å²) in [5.74, 6) is 1.32. The van der Waals surface area contributed by atoms with Crippen molar-refractivity contribution in [2.45, 2.75) is 25.0 Å². The van der Waals surface area contributed by atoms with E-state index < -0.39 is 16.9 Å². The third kappa shape index (κ3) is 2.62. The number of fused-ring (bicyclic) bond motifs is 4. The number of pyridine rings is 1. The van der Waals surface area contributed by atoms with Gasteiger partial charge in [0.15, 0.2) is 6.04 Å².